The van der Waals surface area contributed by atoms with Crippen LogP contribution < -0.4 is 10.6 Å². The number of benzene rings is 1. The van der Waals surface area contributed by atoms with E-state index in [1.165, 1.54) is 57.8 Å². The fraction of sp³-hybridized carbons (Fsp3) is 0.655. The Morgan fingerprint density at radius 3 is 2.18 bits per heavy atom. The number of carbonyl (C=O) groups excluding carboxylic acids is 4. The molecule has 1 aromatic carbocycles. The van der Waals surface area contributed by atoms with Gasteiger partial charge in [-0.25, -0.2) is 0 Å². The van der Waals surface area contributed by atoms with Crippen LogP contribution in [0.2, 0.25) is 0 Å². The molecule has 1 aromatic rings. The third-order valence-corrected chi connectivity index (χ3v) is 7.04. The van der Waals surface area contributed by atoms with Crippen molar-refractivity contribution in [1.82, 2.24) is 10.2 Å². The highest BCUT2D eigenvalue weighted by atomic mass is 16.5. The Labute approximate surface area is 226 Å². The van der Waals surface area contributed by atoms with Gasteiger partial charge in [-0.2, -0.15) is 0 Å². The summed E-state index contributed by atoms with van der Waals surface area (Å²) in [6.45, 7) is 4.92. The van der Waals surface area contributed by atoms with Crippen molar-refractivity contribution in [3.8, 4) is 0 Å². The molecule has 1 unspecified atom stereocenters. The number of ether oxygens (including phenoxy) is 2. The van der Waals surface area contributed by atoms with Crippen molar-refractivity contribution < 1.29 is 28.7 Å². The molecule has 2 aliphatic heterocycles. The molecule has 1 fully saturated rings. The lowest BCUT2D eigenvalue weighted by Gasteiger charge is -2.27. The average Bonchev–Trinajstić information content (AvgIpc) is 3.16. The molecule has 0 radical (unpaired) electrons. The molecule has 0 bridgehead atoms. The highest BCUT2D eigenvalue weighted by Crippen LogP contribution is 2.32. The zero-order valence-corrected chi connectivity index (χ0v) is 22.7. The standard InChI is InChI=1S/C29H43N3O6/c1-2-3-4-5-6-7-8-9-10-11-18-37-20-21-38-19-17-30-23-14-12-13-22-26(23)29(36)32(28(22)35)24-15-16-25(33)31-27(24)34/h12-14,24,30H,2-11,15-21H2,1H3,(H,31,33,34). The van der Waals surface area contributed by atoms with E-state index in [1.807, 2.05) is 0 Å². The molecule has 1 saturated heterocycles. The Hall–Kier alpha value is -2.78. The minimum Gasteiger partial charge on any atom is -0.382 e. The van der Waals surface area contributed by atoms with E-state index in [0.29, 0.717) is 32.1 Å². The van der Waals surface area contributed by atoms with Crippen molar-refractivity contribution >= 4 is 29.3 Å². The summed E-state index contributed by atoms with van der Waals surface area (Å²) in [7, 11) is 0. The zero-order valence-electron chi connectivity index (χ0n) is 22.7. The summed E-state index contributed by atoms with van der Waals surface area (Å²) in [6, 6.07) is 4.03. The summed E-state index contributed by atoms with van der Waals surface area (Å²) < 4.78 is 11.3. The summed E-state index contributed by atoms with van der Waals surface area (Å²) in [5, 5.41) is 5.38. The Bertz CT molecular complexity index is 950. The van der Waals surface area contributed by atoms with Crippen LogP contribution in [0.1, 0.15) is 105 Å². The molecule has 0 saturated carbocycles. The van der Waals surface area contributed by atoms with Crippen molar-refractivity contribution in [2.45, 2.75) is 90.0 Å². The lowest BCUT2D eigenvalue weighted by Crippen LogP contribution is -2.54. The summed E-state index contributed by atoms with van der Waals surface area (Å²) in [6.07, 6.45) is 13.3. The van der Waals surface area contributed by atoms with E-state index in [9.17, 15) is 19.2 Å². The molecular formula is C29H43N3O6. The highest BCUT2D eigenvalue weighted by molar-refractivity contribution is 6.25. The second-order valence-electron chi connectivity index (χ2n) is 10.0. The number of carbonyl (C=O) groups is 4. The SMILES string of the molecule is CCCCCCCCCCCCOCCOCCNc1cccc2c1C(=O)N(C1CCC(=O)NC1=O)C2=O. The van der Waals surface area contributed by atoms with Gasteiger partial charge in [0, 0.05) is 25.3 Å². The summed E-state index contributed by atoms with van der Waals surface area (Å²) in [5.74, 6) is -2.05. The van der Waals surface area contributed by atoms with Crippen molar-refractivity contribution in [1.29, 1.82) is 0 Å². The smallest absolute Gasteiger partial charge is 0.264 e. The van der Waals surface area contributed by atoms with Crippen LogP contribution in [0.4, 0.5) is 5.69 Å². The molecule has 210 valence electrons. The molecule has 1 atom stereocenters. The monoisotopic (exact) mass is 529 g/mol. The Balaban J connectivity index is 1.26. The first-order chi connectivity index (χ1) is 18.5. The molecule has 2 N–H and O–H groups in total. The van der Waals surface area contributed by atoms with Crippen LogP contribution in [-0.4, -0.2) is 67.5 Å². The normalized spacial score (nSPS) is 17.2. The second-order valence-corrected chi connectivity index (χ2v) is 10.0. The van der Waals surface area contributed by atoms with Crippen molar-refractivity contribution in [3.05, 3.63) is 29.3 Å². The number of hydrogen-bond donors (Lipinski definition) is 2. The fourth-order valence-electron chi connectivity index (χ4n) is 4.93. The lowest BCUT2D eigenvalue weighted by atomic mass is 10.0. The number of amides is 4. The second kappa shape index (κ2) is 16.2. The zero-order chi connectivity index (χ0) is 27.2. The van der Waals surface area contributed by atoms with Crippen molar-refractivity contribution in [3.63, 3.8) is 0 Å². The van der Waals surface area contributed by atoms with Gasteiger partial charge < -0.3 is 14.8 Å². The molecular weight excluding hydrogens is 486 g/mol. The number of rotatable bonds is 19. The maximum atomic E-state index is 13.1. The van der Waals surface area contributed by atoms with Gasteiger partial charge in [-0.05, 0) is 25.0 Å². The average molecular weight is 530 g/mol. The fourth-order valence-corrected chi connectivity index (χ4v) is 4.93. The van der Waals surface area contributed by atoms with Crippen LogP contribution in [0.5, 0.6) is 0 Å². The van der Waals surface area contributed by atoms with Gasteiger partial charge in [0.05, 0.1) is 30.9 Å². The maximum Gasteiger partial charge on any atom is 0.264 e. The number of nitrogens with zero attached hydrogens (tertiary/aromatic N) is 1. The first-order valence-electron chi connectivity index (χ1n) is 14.3. The molecule has 0 spiro atoms. The topological polar surface area (TPSA) is 114 Å². The lowest BCUT2D eigenvalue weighted by molar-refractivity contribution is -0.136. The Kier molecular flexibility index (Phi) is 12.7. The first-order valence-corrected chi connectivity index (χ1v) is 14.3. The van der Waals surface area contributed by atoms with Gasteiger partial charge in [0.1, 0.15) is 6.04 Å². The number of nitrogens with one attached hydrogen (secondary N) is 2. The predicted molar refractivity (Wildman–Crippen MR) is 145 cm³/mol. The number of piperidine rings is 1. The summed E-state index contributed by atoms with van der Waals surface area (Å²) in [4.78, 5) is 50.7. The molecule has 9 heteroatoms. The van der Waals surface area contributed by atoms with Gasteiger partial charge in [-0.15, -0.1) is 0 Å². The van der Waals surface area contributed by atoms with Gasteiger partial charge in [0.25, 0.3) is 11.8 Å². The van der Waals surface area contributed by atoms with E-state index < -0.39 is 29.7 Å². The number of unbranched alkanes of at least 4 members (excludes halogenated alkanes) is 9. The van der Waals surface area contributed by atoms with Gasteiger partial charge in [-0.1, -0.05) is 70.8 Å². The summed E-state index contributed by atoms with van der Waals surface area (Å²) >= 11 is 0. The van der Waals surface area contributed by atoms with Crippen LogP contribution >= 0.6 is 0 Å². The molecule has 9 nitrogen and oxygen atoms in total. The third kappa shape index (κ3) is 8.63. The van der Waals surface area contributed by atoms with Crippen molar-refractivity contribution in [2.24, 2.45) is 0 Å². The molecule has 2 aliphatic rings. The number of fused-ring (bicyclic) bond motifs is 1. The number of imide groups is 2. The Morgan fingerprint density at radius 2 is 1.50 bits per heavy atom. The van der Waals surface area contributed by atoms with E-state index in [-0.39, 0.29) is 24.0 Å². The van der Waals surface area contributed by atoms with Gasteiger partial charge in [-0.3, -0.25) is 29.4 Å². The molecule has 2 heterocycles. The Morgan fingerprint density at radius 1 is 0.842 bits per heavy atom. The van der Waals surface area contributed by atoms with E-state index in [4.69, 9.17) is 9.47 Å². The maximum absolute atomic E-state index is 13.1. The van der Waals surface area contributed by atoms with Crippen LogP contribution in [0.3, 0.4) is 0 Å². The van der Waals surface area contributed by atoms with Gasteiger partial charge in [0.15, 0.2) is 0 Å². The summed E-state index contributed by atoms with van der Waals surface area (Å²) in [5.41, 5.74) is 1.03. The van der Waals surface area contributed by atoms with Crippen LogP contribution in [-0.2, 0) is 19.1 Å². The number of anilines is 1. The minimum atomic E-state index is -0.975. The molecule has 3 rings (SSSR count). The van der Waals surface area contributed by atoms with Gasteiger partial charge in [0.2, 0.25) is 11.8 Å². The molecule has 4 amide bonds. The van der Waals surface area contributed by atoms with Crippen LogP contribution in [0.25, 0.3) is 0 Å². The van der Waals surface area contributed by atoms with Gasteiger partial charge >= 0.3 is 0 Å². The molecule has 0 aromatic heterocycles. The van der Waals surface area contributed by atoms with E-state index in [2.05, 4.69) is 17.6 Å². The first kappa shape index (κ1) is 29.8. The van der Waals surface area contributed by atoms with E-state index >= 15 is 0 Å². The van der Waals surface area contributed by atoms with E-state index in [1.54, 1.807) is 18.2 Å². The minimum absolute atomic E-state index is 0.0925. The quantitative estimate of drug-likeness (QED) is 0.201. The molecule has 38 heavy (non-hydrogen) atoms. The van der Waals surface area contributed by atoms with Crippen molar-refractivity contribution in [2.75, 3.05) is 38.3 Å². The predicted octanol–water partition coefficient (Wildman–Crippen LogP) is 4.45. The van der Waals surface area contributed by atoms with E-state index in [0.717, 1.165) is 17.9 Å². The van der Waals surface area contributed by atoms with Crippen LogP contribution in [0, 0.1) is 0 Å². The largest absolute Gasteiger partial charge is 0.382 e. The molecule has 0 aliphatic carbocycles. The third-order valence-electron chi connectivity index (χ3n) is 7.04. The highest BCUT2D eigenvalue weighted by Gasteiger charge is 2.45. The van der Waals surface area contributed by atoms with Crippen LogP contribution in [0.15, 0.2) is 18.2 Å². The number of hydrogen-bond acceptors (Lipinski definition) is 7.